The van der Waals surface area contributed by atoms with Crippen LogP contribution in [-0.2, 0) is 20.8 Å². The molecule has 272 valence electrons. The maximum absolute atomic E-state index is 15.0. The molecule has 0 aliphatic heterocycles. The number of aromatic nitrogens is 2. The first-order valence-electron chi connectivity index (χ1n) is 16.8. The molecule has 1 aliphatic rings. The molecule has 0 unspecified atom stereocenters. The number of nitrogens with zero attached hydrogens (tertiary/aromatic N) is 3. The number of thiophene rings is 1. The van der Waals surface area contributed by atoms with Gasteiger partial charge in [0, 0.05) is 56.5 Å². The van der Waals surface area contributed by atoms with Crippen molar-refractivity contribution in [3.63, 3.8) is 0 Å². The van der Waals surface area contributed by atoms with Gasteiger partial charge in [-0.3, -0.25) is 14.8 Å². The molecule has 0 radical (unpaired) electrons. The van der Waals surface area contributed by atoms with Crippen LogP contribution in [0.5, 0.6) is 11.5 Å². The fourth-order valence-corrected chi connectivity index (χ4v) is 6.13. The summed E-state index contributed by atoms with van der Waals surface area (Å²) in [5.74, 6) is -0.444. The first-order valence-corrected chi connectivity index (χ1v) is 17.6. The molecule has 1 aromatic carbocycles. The number of hydrogen-bond donors (Lipinski definition) is 3. The molecule has 3 N–H and O–H groups in total. The number of halogens is 1. The number of alkyl carbamates (subject to hydrolysis) is 1. The lowest BCUT2D eigenvalue weighted by molar-refractivity contribution is -0.137. The van der Waals surface area contributed by atoms with E-state index in [1.54, 1.807) is 57.3 Å². The Kier molecular flexibility index (Phi) is 11.5. The highest BCUT2D eigenvalue weighted by molar-refractivity contribution is 7.22. The molecule has 4 aromatic rings. The summed E-state index contributed by atoms with van der Waals surface area (Å²) in [7, 11) is 1.57. The second kappa shape index (κ2) is 15.6. The largest absolute Gasteiger partial charge is 0.453 e. The van der Waals surface area contributed by atoms with Crippen LogP contribution in [0.3, 0.4) is 0 Å². The zero-order chi connectivity index (χ0) is 36.9. The van der Waals surface area contributed by atoms with Crippen LogP contribution in [0.1, 0.15) is 59.9 Å². The summed E-state index contributed by atoms with van der Waals surface area (Å²) in [6.45, 7) is 11.8. The molecular weight excluding hydrogens is 676 g/mol. The number of hydrogen-bond acceptors (Lipinski definition) is 9. The molecule has 1 saturated carbocycles. The predicted octanol–water partition coefficient (Wildman–Crippen LogP) is 7.49. The van der Waals surface area contributed by atoms with Crippen molar-refractivity contribution in [1.82, 2.24) is 25.5 Å². The highest BCUT2D eigenvalue weighted by Crippen LogP contribution is 2.39. The zero-order valence-electron chi connectivity index (χ0n) is 30.0. The van der Waals surface area contributed by atoms with E-state index in [1.807, 2.05) is 39.0 Å². The van der Waals surface area contributed by atoms with E-state index >= 15 is 4.39 Å². The van der Waals surface area contributed by atoms with Crippen molar-refractivity contribution in [2.75, 3.05) is 25.6 Å². The third kappa shape index (κ3) is 10.4. The minimum absolute atomic E-state index is 0.00986. The number of benzene rings is 1. The number of nitrogens with one attached hydrogen (secondary N) is 3. The van der Waals surface area contributed by atoms with E-state index in [2.05, 4.69) is 25.9 Å². The molecule has 51 heavy (non-hydrogen) atoms. The van der Waals surface area contributed by atoms with Gasteiger partial charge in [-0.15, -0.1) is 11.3 Å². The van der Waals surface area contributed by atoms with Gasteiger partial charge in [0.2, 0.25) is 5.91 Å². The molecule has 5 rings (SSSR count). The number of pyridine rings is 2. The summed E-state index contributed by atoms with van der Waals surface area (Å²) >= 11 is 1.41. The minimum atomic E-state index is -0.847. The molecule has 1 atom stereocenters. The number of rotatable bonds is 12. The Labute approximate surface area is 301 Å². The van der Waals surface area contributed by atoms with Crippen molar-refractivity contribution in [3.8, 4) is 22.1 Å². The molecule has 0 bridgehead atoms. The fourth-order valence-electron chi connectivity index (χ4n) is 5.09. The second-order valence-corrected chi connectivity index (χ2v) is 15.6. The fraction of sp³-hybridized carbons (Fsp3) is 0.432. The van der Waals surface area contributed by atoms with E-state index in [9.17, 15) is 14.4 Å². The van der Waals surface area contributed by atoms with Crippen molar-refractivity contribution in [2.45, 2.75) is 78.6 Å². The van der Waals surface area contributed by atoms with Gasteiger partial charge in [0.1, 0.15) is 17.4 Å². The molecule has 3 heterocycles. The Balaban J connectivity index is 1.30. The van der Waals surface area contributed by atoms with E-state index < -0.39 is 29.0 Å². The number of carbonyl (C=O) groups excluding carboxylic acids is 3. The monoisotopic (exact) mass is 720 g/mol. The van der Waals surface area contributed by atoms with Crippen LogP contribution in [0.4, 0.5) is 19.7 Å². The predicted molar refractivity (Wildman–Crippen MR) is 194 cm³/mol. The van der Waals surface area contributed by atoms with Crippen molar-refractivity contribution in [2.24, 2.45) is 5.41 Å². The molecule has 12 nitrogen and oxygen atoms in total. The normalized spacial score (nSPS) is 13.7. The van der Waals surface area contributed by atoms with E-state index in [4.69, 9.17) is 14.2 Å². The van der Waals surface area contributed by atoms with Crippen molar-refractivity contribution in [1.29, 1.82) is 0 Å². The maximum atomic E-state index is 15.0. The minimum Gasteiger partial charge on any atom is -0.453 e. The molecule has 1 aliphatic carbocycles. The Bertz CT molecular complexity index is 1870. The van der Waals surface area contributed by atoms with Crippen LogP contribution < -0.4 is 20.7 Å². The number of ether oxygens (including phenoxy) is 3. The molecule has 14 heteroatoms. The zero-order valence-corrected chi connectivity index (χ0v) is 30.8. The van der Waals surface area contributed by atoms with Gasteiger partial charge >= 0.3 is 12.1 Å². The summed E-state index contributed by atoms with van der Waals surface area (Å²) in [5, 5.41) is 8.22. The van der Waals surface area contributed by atoms with E-state index in [0.717, 1.165) is 23.3 Å². The van der Waals surface area contributed by atoms with Crippen LogP contribution >= 0.6 is 11.3 Å². The third-order valence-corrected chi connectivity index (χ3v) is 8.96. The highest BCUT2D eigenvalue weighted by atomic mass is 32.1. The van der Waals surface area contributed by atoms with Gasteiger partial charge in [0.25, 0.3) is 0 Å². The number of fused-ring (bicyclic) bond motifs is 1. The Morgan fingerprint density at radius 3 is 2.41 bits per heavy atom. The summed E-state index contributed by atoms with van der Waals surface area (Å²) < 4.78 is 32.4. The average molecular weight is 721 g/mol. The van der Waals surface area contributed by atoms with Gasteiger partial charge in [0.05, 0.1) is 27.4 Å². The van der Waals surface area contributed by atoms with Crippen LogP contribution in [-0.4, -0.2) is 70.8 Å². The summed E-state index contributed by atoms with van der Waals surface area (Å²) in [4.78, 5) is 50.2. The average Bonchev–Trinajstić information content (AvgIpc) is 3.75. The molecule has 0 spiro atoms. The van der Waals surface area contributed by atoms with Crippen molar-refractivity contribution in [3.05, 3.63) is 66.2 Å². The summed E-state index contributed by atoms with van der Waals surface area (Å²) in [6.07, 6.45) is 4.54. The summed E-state index contributed by atoms with van der Waals surface area (Å²) in [6, 6.07) is 10.6. The highest BCUT2D eigenvalue weighted by Gasteiger charge is 2.37. The molecule has 4 amide bonds. The van der Waals surface area contributed by atoms with E-state index in [-0.39, 0.29) is 30.3 Å². The number of urea groups is 1. The molecule has 0 saturated heterocycles. The quantitative estimate of drug-likeness (QED) is 0.137. The number of anilines is 1. The topological polar surface area (TPSA) is 144 Å². The van der Waals surface area contributed by atoms with Gasteiger partial charge < -0.3 is 35.1 Å². The van der Waals surface area contributed by atoms with Crippen molar-refractivity contribution < 1.29 is 33.0 Å². The molecular formula is C37H45FN6O6S. The lowest BCUT2D eigenvalue weighted by Gasteiger charge is -2.35. The Morgan fingerprint density at radius 1 is 1.02 bits per heavy atom. The van der Waals surface area contributed by atoms with E-state index in [1.165, 1.54) is 23.5 Å². The summed E-state index contributed by atoms with van der Waals surface area (Å²) in [5.41, 5.74) is 1.15. The van der Waals surface area contributed by atoms with E-state index in [0.29, 0.717) is 40.5 Å². The molecule has 3 aromatic heterocycles. The number of methoxy groups -OCH3 is 1. The Hall–Kier alpha value is -4.82. The molecule has 1 fully saturated rings. The van der Waals surface area contributed by atoms with Crippen LogP contribution in [0, 0.1) is 11.2 Å². The van der Waals surface area contributed by atoms with Crippen LogP contribution in [0.2, 0.25) is 0 Å². The number of amides is 4. The van der Waals surface area contributed by atoms with Crippen LogP contribution in [0.25, 0.3) is 20.8 Å². The SMILES string of the molecule is COCCN(Cc1ccc(-c2cc3nccc(Oc4ccc(NC(=O)NC5CC5)cc4F)c3s2)nc1)C(=O)[C@@H](NC(=O)OC(C)(C)C)C(C)(C)C. The van der Waals surface area contributed by atoms with Gasteiger partial charge in [-0.25, -0.2) is 14.0 Å². The first kappa shape index (κ1) is 37.4. The third-order valence-electron chi connectivity index (χ3n) is 7.80. The maximum Gasteiger partial charge on any atom is 0.408 e. The smallest absolute Gasteiger partial charge is 0.408 e. The lowest BCUT2D eigenvalue weighted by Crippen LogP contribution is -2.55. The van der Waals surface area contributed by atoms with Gasteiger partial charge in [-0.1, -0.05) is 26.8 Å². The second-order valence-electron chi connectivity index (χ2n) is 14.5. The van der Waals surface area contributed by atoms with Gasteiger partial charge in [-0.2, -0.15) is 0 Å². The Morgan fingerprint density at radius 2 is 1.78 bits per heavy atom. The van der Waals surface area contributed by atoms with Gasteiger partial charge in [0.15, 0.2) is 11.6 Å². The number of carbonyl (C=O) groups is 3. The van der Waals surface area contributed by atoms with Crippen molar-refractivity contribution >= 4 is 45.3 Å². The lowest BCUT2D eigenvalue weighted by atomic mass is 9.85. The first-order chi connectivity index (χ1) is 24.1. The van der Waals surface area contributed by atoms with Crippen LogP contribution in [0.15, 0.2) is 54.9 Å². The standard InChI is InChI=1S/C37H45FN6O6S/c1-36(2,3)32(43-35(47)50-37(4,5)6)33(45)44(16-17-48-7)21-22-8-12-26(40-20-22)30-19-27-31(51-30)29(14-15-39-27)49-28-13-11-24(18-25(28)38)42-34(46)41-23-9-10-23/h8,11-15,18-20,23,32H,9-10,16-17,21H2,1-7H3,(H,43,47)(H2,41,42,46)/t32-/m1/s1. The van der Waals surface area contributed by atoms with Gasteiger partial charge in [-0.05, 0) is 68.9 Å².